The summed E-state index contributed by atoms with van der Waals surface area (Å²) < 4.78 is 10.3. The molecule has 0 aliphatic carbocycles. The number of anilines is 2. The number of ether oxygens (including phenoxy) is 1. The number of carbonyl (C=O) groups excluding carboxylic acids is 2. The summed E-state index contributed by atoms with van der Waals surface area (Å²) >= 11 is 0. The number of rotatable bonds is 7. The Morgan fingerprint density at radius 1 is 1.06 bits per heavy atom. The Morgan fingerprint density at radius 2 is 1.85 bits per heavy atom. The highest BCUT2D eigenvalue weighted by atomic mass is 16.5. The molecule has 33 heavy (non-hydrogen) atoms. The van der Waals surface area contributed by atoms with Crippen LogP contribution in [-0.2, 0) is 6.54 Å². The van der Waals surface area contributed by atoms with Crippen LogP contribution in [0.1, 0.15) is 29.0 Å². The van der Waals surface area contributed by atoms with Crippen molar-refractivity contribution in [3.63, 3.8) is 0 Å². The molecule has 1 aliphatic rings. The number of urea groups is 1. The zero-order chi connectivity index (χ0) is 23.0. The number of carbonyl (C=O) groups is 2. The predicted molar refractivity (Wildman–Crippen MR) is 127 cm³/mol. The third kappa shape index (κ3) is 6.06. The van der Waals surface area contributed by atoms with Crippen LogP contribution in [0.15, 0.2) is 71.3 Å². The molecule has 0 radical (unpaired) electrons. The minimum atomic E-state index is -0.316. The summed E-state index contributed by atoms with van der Waals surface area (Å²) in [6.07, 6.45) is 3.22. The second-order valence-corrected chi connectivity index (χ2v) is 7.92. The molecule has 8 nitrogen and oxygen atoms in total. The molecular formula is C25H28N4O4. The van der Waals surface area contributed by atoms with E-state index < -0.39 is 0 Å². The van der Waals surface area contributed by atoms with Gasteiger partial charge in [-0.2, -0.15) is 0 Å². The number of nitrogens with one attached hydrogen (secondary N) is 3. The smallest absolute Gasteiger partial charge is 0.315 e. The van der Waals surface area contributed by atoms with Crippen LogP contribution in [0.3, 0.4) is 0 Å². The maximum absolute atomic E-state index is 12.4. The van der Waals surface area contributed by atoms with Gasteiger partial charge < -0.3 is 30.0 Å². The van der Waals surface area contributed by atoms with E-state index in [-0.39, 0.29) is 23.7 Å². The third-order valence-electron chi connectivity index (χ3n) is 5.65. The second-order valence-electron chi connectivity index (χ2n) is 7.92. The van der Waals surface area contributed by atoms with E-state index in [0.29, 0.717) is 12.2 Å². The van der Waals surface area contributed by atoms with Crippen molar-refractivity contribution in [3.05, 3.63) is 78.3 Å². The zero-order valence-electron chi connectivity index (χ0n) is 18.5. The quantitative estimate of drug-likeness (QED) is 0.508. The van der Waals surface area contributed by atoms with Gasteiger partial charge in [-0.05, 0) is 66.9 Å². The SMILES string of the molecule is COc1ccc(N2CCC(NC(=O)NCc3cccc(NC(=O)c4ccco4)c3)CC2)cc1. The zero-order valence-corrected chi connectivity index (χ0v) is 18.5. The number of nitrogens with zero attached hydrogens (tertiary/aromatic N) is 1. The summed E-state index contributed by atoms with van der Waals surface area (Å²) in [5.74, 6) is 0.775. The summed E-state index contributed by atoms with van der Waals surface area (Å²) in [6, 6.07) is 18.6. The molecule has 2 heterocycles. The highest BCUT2D eigenvalue weighted by molar-refractivity contribution is 6.02. The van der Waals surface area contributed by atoms with Crippen molar-refractivity contribution < 1.29 is 18.7 Å². The molecule has 1 aromatic heterocycles. The van der Waals surface area contributed by atoms with Gasteiger partial charge in [0, 0.05) is 37.1 Å². The number of piperidine rings is 1. The Balaban J connectivity index is 1.21. The minimum absolute atomic E-state index is 0.137. The standard InChI is InChI=1S/C25H28N4O4/c1-32-22-9-7-21(8-10-22)29-13-11-19(12-14-29)28-25(31)26-17-18-4-2-5-20(16-18)27-24(30)23-6-3-15-33-23/h2-10,15-16,19H,11-14,17H2,1H3,(H,27,30)(H2,26,28,31). The van der Waals surface area contributed by atoms with E-state index >= 15 is 0 Å². The molecule has 3 N–H and O–H groups in total. The summed E-state index contributed by atoms with van der Waals surface area (Å²) in [6.45, 7) is 2.13. The van der Waals surface area contributed by atoms with Gasteiger partial charge in [0.2, 0.25) is 0 Å². The molecule has 2 aromatic carbocycles. The lowest BCUT2D eigenvalue weighted by Gasteiger charge is -2.34. The summed E-state index contributed by atoms with van der Waals surface area (Å²) in [4.78, 5) is 26.8. The largest absolute Gasteiger partial charge is 0.497 e. The Morgan fingerprint density at radius 3 is 2.55 bits per heavy atom. The molecule has 1 aliphatic heterocycles. The van der Waals surface area contributed by atoms with Crippen LogP contribution in [0, 0.1) is 0 Å². The van der Waals surface area contributed by atoms with Gasteiger partial charge in [-0.25, -0.2) is 4.79 Å². The molecule has 0 unspecified atom stereocenters. The van der Waals surface area contributed by atoms with Crippen molar-refractivity contribution in [1.82, 2.24) is 10.6 Å². The Hall–Kier alpha value is -3.94. The van der Waals surface area contributed by atoms with Crippen LogP contribution in [0.25, 0.3) is 0 Å². The fourth-order valence-corrected chi connectivity index (χ4v) is 3.85. The molecule has 8 heteroatoms. The lowest BCUT2D eigenvalue weighted by molar-refractivity contribution is 0.0996. The maximum atomic E-state index is 12.4. The Kier molecular flexibility index (Phi) is 7.14. The topological polar surface area (TPSA) is 95.8 Å². The van der Waals surface area contributed by atoms with Crippen LogP contribution in [0.4, 0.5) is 16.2 Å². The number of hydrogen-bond donors (Lipinski definition) is 3. The lowest BCUT2D eigenvalue weighted by Crippen LogP contribution is -2.47. The van der Waals surface area contributed by atoms with Gasteiger partial charge >= 0.3 is 6.03 Å². The van der Waals surface area contributed by atoms with Crippen molar-refractivity contribution in [2.75, 3.05) is 30.4 Å². The van der Waals surface area contributed by atoms with Crippen LogP contribution in [-0.4, -0.2) is 38.2 Å². The van der Waals surface area contributed by atoms with E-state index in [1.165, 1.54) is 6.26 Å². The van der Waals surface area contributed by atoms with Crippen molar-refractivity contribution in [3.8, 4) is 5.75 Å². The number of benzene rings is 2. The van der Waals surface area contributed by atoms with Crippen LogP contribution < -0.4 is 25.6 Å². The van der Waals surface area contributed by atoms with E-state index in [1.807, 2.05) is 30.3 Å². The second kappa shape index (κ2) is 10.6. The first-order valence-corrected chi connectivity index (χ1v) is 11.0. The molecule has 0 spiro atoms. The number of furan rings is 1. The van der Waals surface area contributed by atoms with Gasteiger partial charge in [0.25, 0.3) is 5.91 Å². The van der Waals surface area contributed by atoms with Crippen LogP contribution >= 0.6 is 0 Å². The highest BCUT2D eigenvalue weighted by Crippen LogP contribution is 2.23. The van der Waals surface area contributed by atoms with Crippen molar-refractivity contribution in [2.24, 2.45) is 0 Å². The van der Waals surface area contributed by atoms with Crippen molar-refractivity contribution in [2.45, 2.75) is 25.4 Å². The molecule has 4 rings (SSSR count). The molecule has 1 saturated heterocycles. The molecule has 0 saturated carbocycles. The monoisotopic (exact) mass is 448 g/mol. The number of amides is 3. The van der Waals surface area contributed by atoms with Crippen molar-refractivity contribution >= 4 is 23.3 Å². The Bertz CT molecular complexity index is 1060. The predicted octanol–water partition coefficient (Wildman–Crippen LogP) is 4.01. The van der Waals surface area contributed by atoms with Gasteiger partial charge in [-0.1, -0.05) is 12.1 Å². The van der Waals surface area contributed by atoms with E-state index in [2.05, 4.69) is 33.0 Å². The van der Waals surface area contributed by atoms with Gasteiger partial charge in [0.1, 0.15) is 5.75 Å². The molecule has 3 aromatic rings. The van der Waals surface area contributed by atoms with Gasteiger partial charge in [0.15, 0.2) is 5.76 Å². The summed E-state index contributed by atoms with van der Waals surface area (Å²) in [5.41, 5.74) is 2.69. The third-order valence-corrected chi connectivity index (χ3v) is 5.65. The highest BCUT2D eigenvalue weighted by Gasteiger charge is 2.21. The average Bonchev–Trinajstić information content (AvgIpc) is 3.39. The average molecular weight is 449 g/mol. The maximum Gasteiger partial charge on any atom is 0.315 e. The Labute approximate surface area is 192 Å². The van der Waals surface area contributed by atoms with E-state index in [9.17, 15) is 9.59 Å². The molecule has 172 valence electrons. The van der Waals surface area contributed by atoms with Gasteiger partial charge in [-0.15, -0.1) is 0 Å². The summed E-state index contributed by atoms with van der Waals surface area (Å²) in [7, 11) is 1.66. The number of methoxy groups -OCH3 is 1. The molecular weight excluding hydrogens is 420 g/mol. The minimum Gasteiger partial charge on any atom is -0.497 e. The summed E-state index contributed by atoms with van der Waals surface area (Å²) in [5, 5.41) is 8.76. The number of hydrogen-bond acceptors (Lipinski definition) is 5. The first-order valence-electron chi connectivity index (χ1n) is 11.0. The van der Waals surface area contributed by atoms with Crippen LogP contribution in [0.5, 0.6) is 5.75 Å². The van der Waals surface area contributed by atoms with E-state index in [4.69, 9.17) is 9.15 Å². The molecule has 3 amide bonds. The first kappa shape index (κ1) is 22.3. The van der Waals surface area contributed by atoms with Gasteiger partial charge in [-0.3, -0.25) is 4.79 Å². The lowest BCUT2D eigenvalue weighted by atomic mass is 10.0. The van der Waals surface area contributed by atoms with Crippen LogP contribution in [0.2, 0.25) is 0 Å². The first-order chi connectivity index (χ1) is 16.1. The van der Waals surface area contributed by atoms with Gasteiger partial charge in [0.05, 0.1) is 13.4 Å². The van der Waals surface area contributed by atoms with Crippen molar-refractivity contribution in [1.29, 1.82) is 0 Å². The molecule has 1 fully saturated rings. The molecule has 0 atom stereocenters. The molecule has 0 bridgehead atoms. The normalized spacial score (nSPS) is 13.9. The van der Waals surface area contributed by atoms with E-state index in [0.717, 1.165) is 42.9 Å². The fraction of sp³-hybridized carbons (Fsp3) is 0.280. The fourth-order valence-electron chi connectivity index (χ4n) is 3.85. The van der Waals surface area contributed by atoms with E-state index in [1.54, 1.807) is 25.3 Å².